The Balaban J connectivity index is 1.31. The number of aliphatic hydroxyl groups is 1. The number of fused-ring (bicyclic) bond motifs is 3. The van der Waals surface area contributed by atoms with E-state index in [4.69, 9.17) is 18.9 Å². The number of cyclic esters (lactones) is 1. The summed E-state index contributed by atoms with van der Waals surface area (Å²) in [5.41, 5.74) is 2.92. The Bertz CT molecular complexity index is 2690. The van der Waals surface area contributed by atoms with E-state index in [2.05, 4.69) is 28.2 Å². The van der Waals surface area contributed by atoms with Crippen molar-refractivity contribution in [3.63, 3.8) is 0 Å². The molecular weight excluding hydrogens is 849 g/mol. The number of ether oxygens (including phenoxy) is 4. The highest BCUT2D eigenvalue weighted by atomic mass is 16.6. The number of rotatable bonds is 13. The molecule has 5 aromatic rings. The highest BCUT2D eigenvalue weighted by Crippen LogP contribution is 2.66. The molecule has 67 heavy (non-hydrogen) atoms. The van der Waals surface area contributed by atoms with Crippen LogP contribution in [0.2, 0.25) is 0 Å². The first kappa shape index (κ1) is 45.1. The number of amides is 3. The van der Waals surface area contributed by atoms with Crippen LogP contribution in [-0.2, 0) is 40.4 Å². The largest absolute Gasteiger partial charge is 0.491 e. The number of aromatic nitrogens is 1. The molecule has 1 aromatic heterocycles. The predicted molar refractivity (Wildman–Crippen MR) is 249 cm³/mol. The predicted octanol–water partition coefficient (Wildman–Crippen LogP) is 7.11. The molecule has 0 bridgehead atoms. The van der Waals surface area contributed by atoms with Crippen LogP contribution in [0.1, 0.15) is 77.4 Å². The standard InChI is InChI=1S/C54H52N4O9/c1-64-33-34-66-53(63)57-44-27-22-37(21-20-36-13-5-2-6-14-36)35-43(44)54(52(57)62)45(50(60)56-30-28-41-19-11-12-29-55-41)47-51(61)67-48(39-17-9-4-10-18-39)46(38-15-7-3-8-16-38)58(47)49(54)40-23-25-42(26-24-40)65-32-31-59/h3-4,7-13,15-19,22-27,29,35,45-49,59H,2,5-6,14,28,30-34H2,1H3,(H,56,60). The van der Waals surface area contributed by atoms with Crippen molar-refractivity contribution >= 4 is 29.6 Å². The summed E-state index contributed by atoms with van der Waals surface area (Å²) in [5.74, 6) is 3.63. The van der Waals surface area contributed by atoms with Gasteiger partial charge in [-0.1, -0.05) is 96.8 Å². The Hall–Kier alpha value is -7.11. The second-order valence-corrected chi connectivity index (χ2v) is 17.0. The topological polar surface area (TPSA) is 157 Å². The molecule has 1 aliphatic carbocycles. The maximum atomic E-state index is 16.4. The molecule has 9 rings (SSSR count). The van der Waals surface area contributed by atoms with Crippen molar-refractivity contribution < 1.29 is 43.2 Å². The average molecular weight is 901 g/mol. The van der Waals surface area contributed by atoms with Gasteiger partial charge in [0.05, 0.1) is 36.9 Å². The number of hydrogen-bond donors (Lipinski definition) is 2. The molecule has 6 atom stereocenters. The van der Waals surface area contributed by atoms with E-state index in [1.54, 1.807) is 36.5 Å². The number of hydrogen-bond acceptors (Lipinski definition) is 11. The molecule has 4 heterocycles. The number of pyridine rings is 1. The number of methoxy groups -OCH3 is 1. The summed E-state index contributed by atoms with van der Waals surface area (Å²) in [6.07, 6.45) is 6.26. The van der Waals surface area contributed by atoms with Gasteiger partial charge in [-0.25, -0.2) is 9.69 Å². The van der Waals surface area contributed by atoms with Crippen molar-refractivity contribution in [1.29, 1.82) is 0 Å². The van der Waals surface area contributed by atoms with Crippen LogP contribution in [0.5, 0.6) is 5.75 Å². The highest BCUT2D eigenvalue weighted by molar-refractivity contribution is 6.23. The van der Waals surface area contributed by atoms with Crippen LogP contribution in [0.3, 0.4) is 0 Å². The summed E-state index contributed by atoms with van der Waals surface area (Å²) in [5, 5.41) is 12.7. The molecule has 4 aliphatic rings. The number of benzene rings is 4. The number of imide groups is 1. The lowest BCUT2D eigenvalue weighted by Gasteiger charge is -2.46. The van der Waals surface area contributed by atoms with Gasteiger partial charge in [-0.3, -0.25) is 24.3 Å². The second kappa shape index (κ2) is 20.2. The molecule has 4 aromatic carbocycles. The van der Waals surface area contributed by atoms with Crippen molar-refractivity contribution in [1.82, 2.24) is 15.2 Å². The second-order valence-electron chi connectivity index (χ2n) is 17.0. The van der Waals surface area contributed by atoms with E-state index in [-0.39, 0.29) is 38.7 Å². The lowest BCUT2D eigenvalue weighted by molar-refractivity contribution is -0.178. The minimum absolute atomic E-state index is 0.0507. The van der Waals surface area contributed by atoms with Crippen LogP contribution >= 0.6 is 0 Å². The number of morpholine rings is 1. The van der Waals surface area contributed by atoms with Crippen molar-refractivity contribution in [3.8, 4) is 17.6 Å². The molecule has 0 saturated carbocycles. The molecule has 342 valence electrons. The molecule has 2 saturated heterocycles. The van der Waals surface area contributed by atoms with Gasteiger partial charge in [0.15, 0.2) is 0 Å². The number of esters is 1. The summed E-state index contributed by atoms with van der Waals surface area (Å²) < 4.78 is 23.3. The fraction of sp³-hybridized carbons (Fsp3) is 0.315. The van der Waals surface area contributed by atoms with Gasteiger partial charge in [0.2, 0.25) is 11.8 Å². The number of anilines is 1. The third kappa shape index (κ3) is 8.71. The third-order valence-corrected chi connectivity index (χ3v) is 13.1. The Kier molecular flexibility index (Phi) is 13.6. The van der Waals surface area contributed by atoms with E-state index in [1.165, 1.54) is 7.11 Å². The van der Waals surface area contributed by atoms with E-state index >= 15 is 14.4 Å². The Morgan fingerprint density at radius 3 is 2.31 bits per heavy atom. The van der Waals surface area contributed by atoms with Crippen molar-refractivity contribution in [2.24, 2.45) is 5.92 Å². The molecule has 1 spiro atoms. The van der Waals surface area contributed by atoms with Crippen LogP contribution in [-0.4, -0.2) is 85.0 Å². The normalized spacial score (nSPS) is 23.0. The number of allylic oxidation sites excluding steroid dienone is 2. The zero-order valence-electron chi connectivity index (χ0n) is 37.2. The zero-order chi connectivity index (χ0) is 46.3. The molecule has 3 aliphatic heterocycles. The fourth-order valence-electron chi connectivity index (χ4n) is 10.2. The van der Waals surface area contributed by atoms with Crippen LogP contribution in [0.15, 0.2) is 139 Å². The summed E-state index contributed by atoms with van der Waals surface area (Å²) in [6, 6.07) is 33.6. The smallest absolute Gasteiger partial charge is 0.421 e. The molecular formula is C54H52N4O9. The van der Waals surface area contributed by atoms with Crippen LogP contribution in [0.4, 0.5) is 10.5 Å². The van der Waals surface area contributed by atoms with E-state index in [0.29, 0.717) is 34.4 Å². The average Bonchev–Trinajstić information content (AvgIpc) is 3.82. The number of carbonyl (C=O) groups is 4. The van der Waals surface area contributed by atoms with Gasteiger partial charge < -0.3 is 29.4 Å². The lowest BCUT2D eigenvalue weighted by Crippen LogP contribution is -2.56. The van der Waals surface area contributed by atoms with E-state index < -0.39 is 59.4 Å². The number of nitrogens with zero attached hydrogens (tertiary/aromatic N) is 3. The van der Waals surface area contributed by atoms with Gasteiger partial charge in [0.25, 0.3) is 0 Å². The summed E-state index contributed by atoms with van der Waals surface area (Å²) in [6.45, 7) is -0.0930. The minimum Gasteiger partial charge on any atom is -0.491 e. The molecule has 3 amide bonds. The Morgan fingerprint density at radius 2 is 1.61 bits per heavy atom. The van der Waals surface area contributed by atoms with E-state index in [9.17, 15) is 9.90 Å². The lowest BCUT2D eigenvalue weighted by atomic mass is 9.65. The molecule has 2 N–H and O–H groups in total. The van der Waals surface area contributed by atoms with Crippen molar-refractivity contribution in [2.75, 3.05) is 45.0 Å². The van der Waals surface area contributed by atoms with Gasteiger partial charge in [-0.05, 0) is 96.0 Å². The van der Waals surface area contributed by atoms with E-state index in [1.807, 2.05) is 95.9 Å². The third-order valence-electron chi connectivity index (χ3n) is 13.1. The van der Waals surface area contributed by atoms with E-state index in [0.717, 1.165) is 47.4 Å². The van der Waals surface area contributed by atoms with Crippen LogP contribution < -0.4 is 15.0 Å². The summed E-state index contributed by atoms with van der Waals surface area (Å²) in [7, 11) is 1.48. The number of aliphatic hydroxyl groups excluding tert-OH is 1. The van der Waals surface area contributed by atoms with Gasteiger partial charge in [0.1, 0.15) is 36.5 Å². The fourth-order valence-corrected chi connectivity index (χ4v) is 10.2. The first-order chi connectivity index (χ1) is 32.8. The SMILES string of the molecule is COCCOC(=O)N1C(=O)C2(c3cc(C#CC4=CCCCC4)ccc31)C(C(=O)NCCc1ccccn1)C1C(=O)OC(c3ccccc3)C(c3ccccc3)N1C2c1ccc(OCCO)cc1. The monoisotopic (exact) mass is 900 g/mol. The first-order valence-electron chi connectivity index (χ1n) is 22.8. The number of nitrogens with one attached hydrogen (secondary N) is 1. The zero-order valence-corrected chi connectivity index (χ0v) is 37.2. The summed E-state index contributed by atoms with van der Waals surface area (Å²) in [4.78, 5) is 69.2. The minimum atomic E-state index is -1.98. The molecule has 13 heteroatoms. The maximum Gasteiger partial charge on any atom is 0.421 e. The first-order valence-corrected chi connectivity index (χ1v) is 22.8. The van der Waals surface area contributed by atoms with Crippen LogP contribution in [0.25, 0.3) is 0 Å². The van der Waals surface area contributed by atoms with Gasteiger partial charge in [-0.15, -0.1) is 0 Å². The molecule has 0 radical (unpaired) electrons. The van der Waals surface area contributed by atoms with Gasteiger partial charge in [0, 0.05) is 37.5 Å². The van der Waals surface area contributed by atoms with Crippen LogP contribution in [0, 0.1) is 17.8 Å². The molecule has 2 fully saturated rings. The summed E-state index contributed by atoms with van der Waals surface area (Å²) >= 11 is 0. The van der Waals surface area contributed by atoms with Crippen molar-refractivity contribution in [2.45, 2.75) is 61.7 Å². The Morgan fingerprint density at radius 1 is 0.851 bits per heavy atom. The highest BCUT2D eigenvalue weighted by Gasteiger charge is 2.75. The number of carbonyl (C=O) groups excluding carboxylic acids is 4. The van der Waals surface area contributed by atoms with Gasteiger partial charge in [-0.2, -0.15) is 0 Å². The maximum absolute atomic E-state index is 16.4. The molecule has 13 nitrogen and oxygen atoms in total. The van der Waals surface area contributed by atoms with Crippen molar-refractivity contribution in [3.05, 3.63) is 173 Å². The Labute approximate surface area is 389 Å². The quantitative estimate of drug-likeness (QED) is 0.0706. The molecule has 6 unspecified atom stereocenters. The van der Waals surface area contributed by atoms with Gasteiger partial charge >= 0.3 is 12.1 Å².